The van der Waals surface area contributed by atoms with E-state index in [1.165, 1.54) is 25.0 Å². The molecule has 0 radical (unpaired) electrons. The van der Waals surface area contributed by atoms with E-state index in [0.29, 0.717) is 18.3 Å². The third kappa shape index (κ3) is 4.81. The molecule has 4 heteroatoms. The molecule has 1 saturated heterocycles. The molecule has 0 bridgehead atoms. The van der Waals surface area contributed by atoms with E-state index in [0.717, 1.165) is 18.7 Å². The number of carbonyl (C=O) groups excluding carboxylic acids is 1. The molecule has 3 atom stereocenters. The third-order valence-electron chi connectivity index (χ3n) is 4.37. The van der Waals surface area contributed by atoms with Gasteiger partial charge in [-0.15, -0.1) is 0 Å². The topological polar surface area (TPSA) is 41.1 Å². The molecule has 1 aliphatic rings. The van der Waals surface area contributed by atoms with Crippen molar-refractivity contribution in [2.24, 2.45) is 11.8 Å². The van der Waals surface area contributed by atoms with Gasteiger partial charge in [-0.3, -0.25) is 4.79 Å². The van der Waals surface area contributed by atoms with Gasteiger partial charge in [0.05, 0.1) is 6.04 Å². The molecule has 1 amide bonds. The van der Waals surface area contributed by atoms with Gasteiger partial charge in [-0.25, -0.2) is 4.39 Å². The summed E-state index contributed by atoms with van der Waals surface area (Å²) in [4.78, 5) is 12.1. The molecule has 1 fully saturated rings. The van der Waals surface area contributed by atoms with Crippen LogP contribution in [0.3, 0.4) is 0 Å². The van der Waals surface area contributed by atoms with E-state index < -0.39 is 0 Å². The second kappa shape index (κ2) is 7.55. The zero-order valence-electron chi connectivity index (χ0n) is 12.9. The van der Waals surface area contributed by atoms with Crippen molar-refractivity contribution < 1.29 is 9.18 Å². The normalized spacial score (nSPS) is 21.6. The highest BCUT2D eigenvalue weighted by Crippen LogP contribution is 2.23. The second-order valence-corrected chi connectivity index (χ2v) is 6.13. The van der Waals surface area contributed by atoms with E-state index in [9.17, 15) is 9.18 Å². The quantitative estimate of drug-likeness (QED) is 0.876. The highest BCUT2D eigenvalue weighted by atomic mass is 19.1. The number of hydrogen-bond donors (Lipinski definition) is 2. The number of piperidine rings is 1. The summed E-state index contributed by atoms with van der Waals surface area (Å²) in [5, 5.41) is 6.36. The lowest BCUT2D eigenvalue weighted by molar-refractivity contribution is -0.123. The van der Waals surface area contributed by atoms with Gasteiger partial charge in [0.15, 0.2) is 0 Å². The van der Waals surface area contributed by atoms with Crippen LogP contribution in [0.25, 0.3) is 0 Å². The van der Waals surface area contributed by atoms with Crippen molar-refractivity contribution in [3.05, 3.63) is 35.6 Å². The van der Waals surface area contributed by atoms with Crippen LogP contribution >= 0.6 is 0 Å². The fourth-order valence-corrected chi connectivity index (χ4v) is 2.98. The monoisotopic (exact) mass is 292 g/mol. The molecule has 0 aromatic heterocycles. The van der Waals surface area contributed by atoms with Crippen LogP contribution in [0.1, 0.15) is 44.7 Å². The van der Waals surface area contributed by atoms with E-state index in [2.05, 4.69) is 17.6 Å². The summed E-state index contributed by atoms with van der Waals surface area (Å²) >= 11 is 0. The minimum absolute atomic E-state index is 0.0461. The average Bonchev–Trinajstić information content (AvgIpc) is 2.48. The largest absolute Gasteiger partial charge is 0.350 e. The van der Waals surface area contributed by atoms with E-state index in [1.807, 2.05) is 13.0 Å². The average molecular weight is 292 g/mol. The Morgan fingerprint density at radius 1 is 1.48 bits per heavy atom. The number of halogens is 1. The van der Waals surface area contributed by atoms with Gasteiger partial charge < -0.3 is 10.6 Å². The number of hydrogen-bond acceptors (Lipinski definition) is 2. The minimum atomic E-state index is -0.268. The summed E-state index contributed by atoms with van der Waals surface area (Å²) in [5.41, 5.74) is 0.801. The van der Waals surface area contributed by atoms with Crippen LogP contribution < -0.4 is 10.6 Å². The molecule has 0 aliphatic carbocycles. The molecule has 0 saturated carbocycles. The lowest BCUT2D eigenvalue weighted by Crippen LogP contribution is -2.36. The first-order chi connectivity index (χ1) is 10.1. The summed E-state index contributed by atoms with van der Waals surface area (Å²) in [5.74, 6) is 0.728. The Morgan fingerprint density at radius 3 is 2.95 bits per heavy atom. The van der Waals surface area contributed by atoms with Gasteiger partial charge in [0.1, 0.15) is 5.82 Å². The molecule has 2 rings (SSSR count). The molecule has 1 aromatic rings. The van der Waals surface area contributed by atoms with Crippen molar-refractivity contribution in [3.8, 4) is 0 Å². The van der Waals surface area contributed by atoms with Crippen molar-refractivity contribution in [1.29, 1.82) is 0 Å². The molecular weight excluding hydrogens is 267 g/mol. The smallest absolute Gasteiger partial charge is 0.220 e. The number of rotatable bonds is 5. The zero-order valence-corrected chi connectivity index (χ0v) is 12.9. The Morgan fingerprint density at radius 2 is 2.29 bits per heavy atom. The lowest BCUT2D eigenvalue weighted by atomic mass is 9.85. The maximum atomic E-state index is 13.2. The maximum Gasteiger partial charge on any atom is 0.220 e. The number of carbonyl (C=O) groups is 1. The predicted octanol–water partition coefficient (Wildman–Crippen LogP) is 3.03. The molecule has 2 unspecified atom stereocenters. The molecule has 1 aromatic carbocycles. The van der Waals surface area contributed by atoms with Crippen LogP contribution in [-0.4, -0.2) is 19.0 Å². The maximum absolute atomic E-state index is 13.2. The van der Waals surface area contributed by atoms with Gasteiger partial charge in [-0.05, 0) is 62.4 Å². The SMILES string of the molecule is CC(CC(=O)N[C@H](C)c1cccc(F)c1)C1CCCNC1. The van der Waals surface area contributed by atoms with Crippen LogP contribution in [0.5, 0.6) is 0 Å². The first-order valence-corrected chi connectivity index (χ1v) is 7.82. The van der Waals surface area contributed by atoms with E-state index in [-0.39, 0.29) is 17.8 Å². The highest BCUT2D eigenvalue weighted by molar-refractivity contribution is 5.76. The summed E-state index contributed by atoms with van der Waals surface area (Å²) < 4.78 is 13.2. The summed E-state index contributed by atoms with van der Waals surface area (Å²) in [6.45, 7) is 6.13. The van der Waals surface area contributed by atoms with Gasteiger partial charge in [0.2, 0.25) is 5.91 Å². The molecule has 2 N–H and O–H groups in total. The Bertz CT molecular complexity index is 472. The number of nitrogens with one attached hydrogen (secondary N) is 2. The van der Waals surface area contributed by atoms with Crippen molar-refractivity contribution in [1.82, 2.24) is 10.6 Å². The molecule has 3 nitrogen and oxygen atoms in total. The van der Waals surface area contributed by atoms with Crippen molar-refractivity contribution in [3.63, 3.8) is 0 Å². The van der Waals surface area contributed by atoms with Crippen LogP contribution in [0.15, 0.2) is 24.3 Å². The number of benzene rings is 1. The Labute approximate surface area is 126 Å². The third-order valence-corrected chi connectivity index (χ3v) is 4.37. The van der Waals surface area contributed by atoms with Gasteiger partial charge in [0, 0.05) is 6.42 Å². The van der Waals surface area contributed by atoms with E-state index in [1.54, 1.807) is 6.07 Å². The van der Waals surface area contributed by atoms with Crippen molar-refractivity contribution in [2.75, 3.05) is 13.1 Å². The summed E-state index contributed by atoms with van der Waals surface area (Å²) in [7, 11) is 0. The predicted molar refractivity (Wildman–Crippen MR) is 82.3 cm³/mol. The zero-order chi connectivity index (χ0) is 15.2. The molecule has 116 valence electrons. The molecular formula is C17H25FN2O. The summed E-state index contributed by atoms with van der Waals surface area (Å²) in [6.07, 6.45) is 2.92. The molecule has 1 heterocycles. The minimum Gasteiger partial charge on any atom is -0.350 e. The first-order valence-electron chi connectivity index (χ1n) is 7.82. The van der Waals surface area contributed by atoms with E-state index >= 15 is 0 Å². The Hall–Kier alpha value is -1.42. The Balaban J connectivity index is 1.83. The van der Waals surface area contributed by atoms with Crippen molar-refractivity contribution in [2.45, 2.75) is 39.2 Å². The van der Waals surface area contributed by atoms with Gasteiger partial charge >= 0.3 is 0 Å². The molecule has 21 heavy (non-hydrogen) atoms. The summed E-state index contributed by atoms with van der Waals surface area (Å²) in [6, 6.07) is 6.23. The highest BCUT2D eigenvalue weighted by Gasteiger charge is 2.22. The fourth-order valence-electron chi connectivity index (χ4n) is 2.98. The first kappa shape index (κ1) is 16.0. The molecule has 0 spiro atoms. The Kier molecular flexibility index (Phi) is 5.74. The van der Waals surface area contributed by atoms with Gasteiger partial charge in [-0.2, -0.15) is 0 Å². The van der Waals surface area contributed by atoms with Gasteiger partial charge in [-0.1, -0.05) is 19.1 Å². The second-order valence-electron chi connectivity index (χ2n) is 6.13. The molecule has 1 aliphatic heterocycles. The van der Waals surface area contributed by atoms with Crippen molar-refractivity contribution >= 4 is 5.91 Å². The fraction of sp³-hybridized carbons (Fsp3) is 0.588. The van der Waals surface area contributed by atoms with Crippen LogP contribution in [0.2, 0.25) is 0 Å². The lowest BCUT2D eigenvalue weighted by Gasteiger charge is -2.28. The van der Waals surface area contributed by atoms with Gasteiger partial charge in [0.25, 0.3) is 0 Å². The standard InChI is InChI=1S/C17H25FN2O/c1-12(15-6-4-8-19-11-15)9-17(21)20-13(2)14-5-3-7-16(18)10-14/h3,5,7,10,12-13,15,19H,4,6,8-9,11H2,1-2H3,(H,20,21)/t12?,13-,15?/m1/s1. The van der Waals surface area contributed by atoms with Crippen LogP contribution in [-0.2, 0) is 4.79 Å². The van der Waals surface area contributed by atoms with Crippen LogP contribution in [0, 0.1) is 17.7 Å². The van der Waals surface area contributed by atoms with Crippen LogP contribution in [0.4, 0.5) is 4.39 Å². The number of amides is 1. The van der Waals surface area contributed by atoms with E-state index in [4.69, 9.17) is 0 Å².